The number of hydrogen-bond donors (Lipinski definition) is 0. The highest BCUT2D eigenvalue weighted by molar-refractivity contribution is 7.78. The molecule has 304 valence electrons. The molecule has 24 heteroatoms. The number of benzene rings is 6. The van der Waals surface area contributed by atoms with Gasteiger partial charge in [0, 0.05) is 57.7 Å². The zero-order valence-electron chi connectivity index (χ0n) is 30.2. The largest absolute Gasteiger partial charge is 0.447 e. The van der Waals surface area contributed by atoms with Crippen molar-refractivity contribution in [2.75, 3.05) is 0 Å². The summed E-state index contributed by atoms with van der Waals surface area (Å²) in [5, 5.41) is 46.2. The first-order valence-electron chi connectivity index (χ1n) is 17.0. The Morgan fingerprint density at radius 3 is 1.20 bits per heavy atom. The number of nitro groups is 4. The van der Waals surface area contributed by atoms with Gasteiger partial charge >= 0.3 is 24.6 Å². The highest BCUT2D eigenvalue weighted by Gasteiger charge is 2.58. The van der Waals surface area contributed by atoms with E-state index in [-0.39, 0.29) is 57.2 Å². The SMILES string of the molecule is O=[N+]([O-])c1ccc(ON2P(Oc3ccc([N+](=O)[O-])cc3)N=P(Oc3ccc([N+](=O)[O-])cc3)(Oc3ccc([N+](=O)[O-])cc3)N(Oc3ccccc3)P2Oc2ccccc2)cc1. The van der Waals surface area contributed by atoms with Gasteiger partial charge in [-0.25, -0.2) is 0 Å². The minimum absolute atomic E-state index is 0.00839. The molecule has 2 unspecified atom stereocenters. The Morgan fingerprint density at radius 2 is 0.783 bits per heavy atom. The second kappa shape index (κ2) is 18.1. The van der Waals surface area contributed by atoms with Gasteiger partial charge in [0.05, 0.1) is 19.7 Å². The molecule has 7 rings (SSSR count). The molecule has 0 saturated heterocycles. The molecule has 0 radical (unpaired) electrons. The van der Waals surface area contributed by atoms with Gasteiger partial charge in [0.15, 0.2) is 0 Å². The number of nitrogens with zero attached hydrogens (tertiary/aromatic N) is 7. The molecule has 1 aliphatic rings. The van der Waals surface area contributed by atoms with Gasteiger partial charge in [-0.3, -0.25) is 40.5 Å². The normalized spacial score (nSPS) is 16.0. The second-order valence-electron chi connectivity index (χ2n) is 11.8. The molecule has 6 aromatic carbocycles. The molecule has 0 aliphatic carbocycles. The fourth-order valence-corrected chi connectivity index (χ4v) is 12.4. The fourth-order valence-electron chi connectivity index (χ4n) is 4.93. The summed E-state index contributed by atoms with van der Waals surface area (Å²) in [5.74, 6) is 0.565. The van der Waals surface area contributed by atoms with Gasteiger partial charge in [-0.05, 0) is 72.8 Å². The molecule has 60 heavy (non-hydrogen) atoms. The minimum atomic E-state index is -4.38. The average Bonchev–Trinajstić information content (AvgIpc) is 3.25. The molecule has 1 aliphatic heterocycles. The Balaban J connectivity index is 1.48. The lowest BCUT2D eigenvalue weighted by Gasteiger charge is -2.43. The summed E-state index contributed by atoms with van der Waals surface area (Å²) in [6.07, 6.45) is 0. The third-order valence-corrected chi connectivity index (χ3v) is 14.6. The van der Waals surface area contributed by atoms with Crippen LogP contribution in [0.3, 0.4) is 0 Å². The highest BCUT2D eigenvalue weighted by atomic mass is 31.3. The van der Waals surface area contributed by atoms with Crippen LogP contribution in [-0.2, 0) is 0 Å². The first-order valence-corrected chi connectivity index (χ1v) is 20.8. The molecule has 0 bridgehead atoms. The maximum absolute atomic E-state index is 11.6. The summed E-state index contributed by atoms with van der Waals surface area (Å²) >= 11 is 0. The van der Waals surface area contributed by atoms with Crippen molar-refractivity contribution in [3.8, 4) is 34.5 Å². The van der Waals surface area contributed by atoms with Crippen molar-refractivity contribution in [2.24, 2.45) is 4.52 Å². The lowest BCUT2D eigenvalue weighted by molar-refractivity contribution is -0.385. The quantitative estimate of drug-likeness (QED) is 0.0498. The van der Waals surface area contributed by atoms with Crippen LogP contribution in [0.5, 0.6) is 34.5 Å². The predicted octanol–water partition coefficient (Wildman–Crippen LogP) is 10.9. The van der Waals surface area contributed by atoms with Crippen LogP contribution in [0.25, 0.3) is 0 Å². The van der Waals surface area contributed by atoms with E-state index in [2.05, 4.69) is 0 Å². The Morgan fingerprint density at radius 1 is 0.433 bits per heavy atom. The third-order valence-electron chi connectivity index (χ3n) is 7.72. The van der Waals surface area contributed by atoms with Crippen molar-refractivity contribution in [1.82, 2.24) is 9.21 Å². The van der Waals surface area contributed by atoms with E-state index in [9.17, 15) is 40.5 Å². The van der Waals surface area contributed by atoms with Crippen molar-refractivity contribution >= 4 is 47.3 Å². The smallest absolute Gasteiger partial charge is 0.440 e. The number of non-ortho nitro benzene ring substituents is 4. The lowest BCUT2D eigenvalue weighted by Crippen LogP contribution is -2.37. The molecule has 0 fully saturated rings. The minimum Gasteiger partial charge on any atom is -0.440 e. The number of para-hydroxylation sites is 2. The third kappa shape index (κ3) is 9.70. The van der Waals surface area contributed by atoms with Gasteiger partial charge in [-0.2, -0.15) is 0 Å². The second-order valence-corrected chi connectivity index (χ2v) is 17.3. The highest BCUT2D eigenvalue weighted by Crippen LogP contribution is 2.77. The van der Waals surface area contributed by atoms with Crippen molar-refractivity contribution in [3.63, 3.8) is 0 Å². The molecule has 0 aromatic heterocycles. The topological polar surface area (TPSA) is 247 Å². The number of hydrogen-bond acceptors (Lipinski definition) is 17. The number of nitro benzene ring substituents is 4. The fraction of sp³-hybridized carbons (Fsp3) is 0. The van der Waals surface area contributed by atoms with E-state index >= 15 is 0 Å². The summed E-state index contributed by atoms with van der Waals surface area (Å²) in [4.78, 5) is 56.9. The standard InChI is InChI=1S/C36H26N7O14P3/c44-38(45)27-11-19-32(20-12-27)52-42-58(54-34-21-13-28(14-22-34)39(46)47)37-60(56-35-23-15-29(16-24-35)40(48)49,57-36-25-17-30(18-26-36)41(50)51)43(53-31-7-3-1-4-8-31)59(42)55-33-9-5-2-6-10-33/h1-26H. The van der Waals surface area contributed by atoms with E-state index in [1.54, 1.807) is 60.7 Å². The van der Waals surface area contributed by atoms with Crippen LogP contribution in [-0.4, -0.2) is 28.9 Å². The summed E-state index contributed by atoms with van der Waals surface area (Å²) in [5.41, 5.74) is -0.989. The zero-order valence-corrected chi connectivity index (χ0v) is 32.9. The van der Waals surface area contributed by atoms with Gasteiger partial charge < -0.3 is 27.8 Å². The molecule has 21 nitrogen and oxygen atoms in total. The molecule has 6 aromatic rings. The monoisotopic (exact) mass is 873 g/mol. The first-order chi connectivity index (χ1) is 29.0. The van der Waals surface area contributed by atoms with Crippen molar-refractivity contribution in [1.29, 1.82) is 0 Å². The van der Waals surface area contributed by atoms with Gasteiger partial charge in [-0.1, -0.05) is 36.4 Å². The van der Waals surface area contributed by atoms with E-state index in [4.69, 9.17) is 32.3 Å². The van der Waals surface area contributed by atoms with Gasteiger partial charge in [-0.15, -0.1) is 4.52 Å². The molecule has 0 saturated carbocycles. The summed E-state index contributed by atoms with van der Waals surface area (Å²) in [7, 11) is -9.64. The molecular formula is C36H26N7O14P3. The molecule has 0 N–H and O–H groups in total. The summed E-state index contributed by atoms with van der Waals surface area (Å²) in [6, 6.07) is 36.8. The zero-order chi connectivity index (χ0) is 42.2. The van der Waals surface area contributed by atoms with Crippen LogP contribution in [0.2, 0.25) is 0 Å². The van der Waals surface area contributed by atoms with E-state index in [1.807, 2.05) is 0 Å². The van der Waals surface area contributed by atoms with Crippen LogP contribution in [0.4, 0.5) is 22.7 Å². The van der Waals surface area contributed by atoms with Crippen molar-refractivity contribution in [3.05, 3.63) is 198 Å². The van der Waals surface area contributed by atoms with E-state index in [1.165, 1.54) is 102 Å². The van der Waals surface area contributed by atoms with Crippen LogP contribution in [0, 0.1) is 40.5 Å². The van der Waals surface area contributed by atoms with Crippen LogP contribution in [0.15, 0.2) is 162 Å². The maximum atomic E-state index is 11.6. The molecular weight excluding hydrogens is 847 g/mol. The van der Waals surface area contributed by atoms with E-state index in [0.29, 0.717) is 0 Å². The Kier molecular flexibility index (Phi) is 12.4. The van der Waals surface area contributed by atoms with Crippen molar-refractivity contribution < 1.29 is 47.5 Å². The molecule has 0 spiro atoms. The Bertz CT molecular complexity index is 2480. The lowest BCUT2D eigenvalue weighted by atomic mass is 10.3. The predicted molar refractivity (Wildman–Crippen MR) is 216 cm³/mol. The summed E-state index contributed by atoms with van der Waals surface area (Å²) < 4.78 is 33.8. The molecule has 0 amide bonds. The van der Waals surface area contributed by atoms with Crippen LogP contribution in [0.1, 0.15) is 0 Å². The van der Waals surface area contributed by atoms with Crippen LogP contribution < -0.4 is 27.8 Å². The van der Waals surface area contributed by atoms with Gasteiger partial charge in [0.25, 0.3) is 22.7 Å². The molecule has 2 atom stereocenters. The van der Waals surface area contributed by atoms with Crippen molar-refractivity contribution in [2.45, 2.75) is 0 Å². The van der Waals surface area contributed by atoms with E-state index in [0.717, 1.165) is 4.60 Å². The van der Waals surface area contributed by atoms with Crippen LogP contribution >= 0.6 is 24.6 Å². The average molecular weight is 874 g/mol. The Labute approximate surface area is 340 Å². The number of rotatable bonds is 16. The summed E-state index contributed by atoms with van der Waals surface area (Å²) in [6.45, 7) is 0. The van der Waals surface area contributed by atoms with Gasteiger partial charge in [0.1, 0.15) is 34.5 Å². The first kappa shape index (κ1) is 40.9. The molecule has 1 heterocycles. The maximum Gasteiger partial charge on any atom is 0.447 e. The van der Waals surface area contributed by atoms with E-state index < -0.39 is 44.3 Å². The Hall–Kier alpha value is -7.27. The van der Waals surface area contributed by atoms with Gasteiger partial charge in [0.2, 0.25) is 0 Å².